The third kappa shape index (κ3) is 5.64. The van der Waals surface area contributed by atoms with Crippen molar-refractivity contribution in [3.05, 3.63) is 53.6 Å². The first kappa shape index (κ1) is 21.1. The second kappa shape index (κ2) is 10.2. The molecule has 0 aliphatic heterocycles. The fraction of sp³-hybridized carbons (Fsp3) is 0.333. The molecule has 0 spiro atoms. The van der Waals surface area contributed by atoms with Crippen molar-refractivity contribution in [2.75, 3.05) is 34.4 Å². The lowest BCUT2D eigenvalue weighted by atomic mass is 10.2. The van der Waals surface area contributed by atoms with Crippen molar-refractivity contribution in [3.8, 4) is 17.2 Å². The Morgan fingerprint density at radius 3 is 2.36 bits per heavy atom. The van der Waals surface area contributed by atoms with E-state index in [2.05, 4.69) is 5.32 Å². The summed E-state index contributed by atoms with van der Waals surface area (Å²) in [5.41, 5.74) is 1.42. The van der Waals surface area contributed by atoms with Crippen LogP contribution in [-0.2, 0) is 11.3 Å². The van der Waals surface area contributed by atoms with Crippen LogP contribution >= 0.6 is 0 Å². The van der Waals surface area contributed by atoms with E-state index < -0.39 is 0 Å². The van der Waals surface area contributed by atoms with E-state index in [9.17, 15) is 9.59 Å². The van der Waals surface area contributed by atoms with Crippen LogP contribution in [0.2, 0.25) is 0 Å². The highest BCUT2D eigenvalue weighted by molar-refractivity contribution is 5.94. The summed E-state index contributed by atoms with van der Waals surface area (Å²) in [6.45, 7) is 2.64. The third-order valence-electron chi connectivity index (χ3n) is 4.27. The maximum atomic E-state index is 12.3. The van der Waals surface area contributed by atoms with Gasteiger partial charge in [-0.25, -0.2) is 0 Å². The number of rotatable bonds is 9. The highest BCUT2D eigenvalue weighted by atomic mass is 16.5. The Hall–Kier alpha value is -3.22. The molecule has 2 aromatic carbocycles. The molecule has 0 saturated carbocycles. The second-order valence-electron chi connectivity index (χ2n) is 6.12. The zero-order valence-corrected chi connectivity index (χ0v) is 16.7. The Morgan fingerprint density at radius 2 is 1.71 bits per heavy atom. The molecule has 0 atom stereocenters. The van der Waals surface area contributed by atoms with Gasteiger partial charge in [0.15, 0.2) is 11.5 Å². The highest BCUT2D eigenvalue weighted by Crippen LogP contribution is 2.28. The van der Waals surface area contributed by atoms with Crippen molar-refractivity contribution in [3.63, 3.8) is 0 Å². The van der Waals surface area contributed by atoms with Crippen molar-refractivity contribution in [2.45, 2.75) is 13.5 Å². The van der Waals surface area contributed by atoms with Gasteiger partial charge in [0.05, 0.1) is 21.3 Å². The van der Waals surface area contributed by atoms with E-state index in [0.29, 0.717) is 42.4 Å². The average molecular weight is 386 g/mol. The zero-order chi connectivity index (χ0) is 20.5. The number of hydrogen-bond acceptors (Lipinski definition) is 5. The summed E-state index contributed by atoms with van der Waals surface area (Å²) in [6, 6.07) is 12.4. The van der Waals surface area contributed by atoms with Gasteiger partial charge < -0.3 is 24.4 Å². The predicted octanol–water partition coefficient (Wildman–Crippen LogP) is 2.49. The van der Waals surface area contributed by atoms with E-state index in [1.165, 1.54) is 6.92 Å². The van der Waals surface area contributed by atoms with Gasteiger partial charge in [-0.1, -0.05) is 12.1 Å². The van der Waals surface area contributed by atoms with Crippen LogP contribution in [0, 0.1) is 0 Å². The first-order valence-electron chi connectivity index (χ1n) is 8.87. The molecule has 1 N–H and O–H groups in total. The van der Waals surface area contributed by atoms with Crippen LogP contribution in [0.4, 0.5) is 0 Å². The smallest absolute Gasteiger partial charge is 0.251 e. The molecule has 2 rings (SSSR count). The lowest BCUT2D eigenvalue weighted by Crippen LogP contribution is -2.37. The van der Waals surface area contributed by atoms with Crippen molar-refractivity contribution < 1.29 is 23.8 Å². The number of methoxy groups -OCH3 is 3. The first-order chi connectivity index (χ1) is 13.5. The maximum absolute atomic E-state index is 12.3. The Bertz CT molecular complexity index is 822. The SMILES string of the molecule is COc1cccc(C(=O)NCCN(Cc2ccc(OC)c(OC)c2)C(C)=O)c1. The minimum Gasteiger partial charge on any atom is -0.497 e. The van der Waals surface area contributed by atoms with Gasteiger partial charge in [-0.15, -0.1) is 0 Å². The first-order valence-corrected chi connectivity index (χ1v) is 8.87. The molecular formula is C21H26N2O5. The molecule has 7 nitrogen and oxygen atoms in total. The minimum absolute atomic E-state index is 0.0783. The molecule has 0 aliphatic carbocycles. The van der Waals surface area contributed by atoms with Gasteiger partial charge in [0, 0.05) is 32.1 Å². The number of hydrogen-bond donors (Lipinski definition) is 1. The minimum atomic E-state index is -0.214. The molecule has 0 aliphatic rings. The third-order valence-corrected chi connectivity index (χ3v) is 4.27. The molecule has 150 valence electrons. The fourth-order valence-electron chi connectivity index (χ4n) is 2.72. The van der Waals surface area contributed by atoms with Gasteiger partial charge in [0.25, 0.3) is 5.91 Å². The molecule has 2 aromatic rings. The fourth-order valence-corrected chi connectivity index (χ4v) is 2.72. The van der Waals surface area contributed by atoms with Crippen molar-refractivity contribution in [1.29, 1.82) is 0 Å². The number of benzene rings is 2. The molecule has 0 fully saturated rings. The largest absolute Gasteiger partial charge is 0.497 e. The van der Waals surface area contributed by atoms with Gasteiger partial charge in [-0.3, -0.25) is 9.59 Å². The van der Waals surface area contributed by atoms with Gasteiger partial charge in [0.2, 0.25) is 5.91 Å². The van der Waals surface area contributed by atoms with Crippen LogP contribution in [0.1, 0.15) is 22.8 Å². The zero-order valence-electron chi connectivity index (χ0n) is 16.7. The molecule has 2 amide bonds. The lowest BCUT2D eigenvalue weighted by Gasteiger charge is -2.22. The molecule has 0 bridgehead atoms. The molecule has 0 aromatic heterocycles. The van der Waals surface area contributed by atoms with Crippen molar-refractivity contribution in [2.24, 2.45) is 0 Å². The molecule has 7 heteroatoms. The number of nitrogens with zero attached hydrogens (tertiary/aromatic N) is 1. The second-order valence-corrected chi connectivity index (χ2v) is 6.12. The maximum Gasteiger partial charge on any atom is 0.251 e. The van der Waals surface area contributed by atoms with E-state index in [4.69, 9.17) is 14.2 Å². The van der Waals surface area contributed by atoms with Crippen molar-refractivity contribution in [1.82, 2.24) is 10.2 Å². The van der Waals surface area contributed by atoms with E-state index >= 15 is 0 Å². The number of carbonyl (C=O) groups is 2. The number of amides is 2. The normalized spacial score (nSPS) is 10.1. The lowest BCUT2D eigenvalue weighted by molar-refractivity contribution is -0.129. The average Bonchev–Trinajstić information content (AvgIpc) is 2.72. The van der Waals surface area contributed by atoms with Gasteiger partial charge >= 0.3 is 0 Å². The number of nitrogens with one attached hydrogen (secondary N) is 1. The van der Waals surface area contributed by atoms with Gasteiger partial charge in [-0.05, 0) is 35.9 Å². The Kier molecular flexibility index (Phi) is 7.68. The van der Waals surface area contributed by atoms with E-state index in [-0.39, 0.29) is 11.8 Å². The molecule has 28 heavy (non-hydrogen) atoms. The van der Waals surface area contributed by atoms with E-state index in [1.54, 1.807) is 56.6 Å². The van der Waals surface area contributed by atoms with Crippen LogP contribution in [0.3, 0.4) is 0 Å². The van der Waals surface area contributed by atoms with Gasteiger partial charge in [-0.2, -0.15) is 0 Å². The standard InChI is InChI=1S/C21H26N2O5/c1-15(24)23(14-16-8-9-19(27-3)20(12-16)28-4)11-10-22-21(25)17-6-5-7-18(13-17)26-2/h5-9,12-13H,10-11,14H2,1-4H3,(H,22,25). The van der Waals surface area contributed by atoms with Crippen LogP contribution < -0.4 is 19.5 Å². The molecule has 0 saturated heterocycles. The van der Waals surface area contributed by atoms with Crippen LogP contribution in [0.5, 0.6) is 17.2 Å². The summed E-state index contributed by atoms with van der Waals surface area (Å²) in [7, 11) is 4.69. The predicted molar refractivity (Wildman–Crippen MR) is 106 cm³/mol. The summed E-state index contributed by atoms with van der Waals surface area (Å²) >= 11 is 0. The molecule has 0 unspecified atom stereocenters. The Balaban J connectivity index is 1.96. The van der Waals surface area contributed by atoms with Crippen LogP contribution in [0.15, 0.2) is 42.5 Å². The Morgan fingerprint density at radius 1 is 0.964 bits per heavy atom. The topological polar surface area (TPSA) is 77.1 Å². The summed E-state index contributed by atoms with van der Waals surface area (Å²) in [4.78, 5) is 25.9. The molecule has 0 radical (unpaired) electrons. The summed E-state index contributed by atoms with van der Waals surface area (Å²) in [5.74, 6) is 1.56. The Labute approximate surface area is 165 Å². The highest BCUT2D eigenvalue weighted by Gasteiger charge is 2.13. The summed E-state index contributed by atoms with van der Waals surface area (Å²) in [6.07, 6.45) is 0. The van der Waals surface area contributed by atoms with Gasteiger partial charge in [0.1, 0.15) is 5.75 Å². The number of ether oxygens (including phenoxy) is 3. The monoisotopic (exact) mass is 386 g/mol. The van der Waals surface area contributed by atoms with Crippen LogP contribution in [-0.4, -0.2) is 51.1 Å². The number of carbonyl (C=O) groups excluding carboxylic acids is 2. The summed E-state index contributed by atoms with van der Waals surface area (Å²) < 4.78 is 15.7. The van der Waals surface area contributed by atoms with Crippen LogP contribution in [0.25, 0.3) is 0 Å². The molecule has 0 heterocycles. The van der Waals surface area contributed by atoms with E-state index in [1.807, 2.05) is 12.1 Å². The summed E-state index contributed by atoms with van der Waals surface area (Å²) in [5, 5.41) is 2.83. The molecular weight excluding hydrogens is 360 g/mol. The van der Waals surface area contributed by atoms with Crippen molar-refractivity contribution >= 4 is 11.8 Å². The quantitative estimate of drug-likeness (QED) is 0.717. The van der Waals surface area contributed by atoms with E-state index in [0.717, 1.165) is 5.56 Å².